The number of carbonyl (C=O) groups is 1. The third kappa shape index (κ3) is 3.17. The van der Waals surface area contributed by atoms with Gasteiger partial charge in [0.15, 0.2) is 0 Å². The Hall–Kier alpha value is -0.920. The van der Waals surface area contributed by atoms with E-state index in [-0.39, 0.29) is 0 Å². The summed E-state index contributed by atoms with van der Waals surface area (Å²) >= 11 is 0. The molecule has 0 radical (unpaired) electrons. The molecule has 0 heterocycles. The Balaban J connectivity index is 4.16. The molecule has 7 heteroatoms. The fraction of sp³-hybridized carbons (Fsp3) is 0. The van der Waals surface area contributed by atoms with Crippen molar-refractivity contribution in [1.29, 1.82) is 0 Å². The summed E-state index contributed by atoms with van der Waals surface area (Å²) in [5, 5.41) is 0. The van der Waals surface area contributed by atoms with Crippen LogP contribution in [0.1, 0.15) is 0 Å². The average molecular weight is 166 g/mol. The molecule has 0 saturated heterocycles. The normalized spacial score (nSPS) is 10.5. The van der Waals surface area contributed by atoms with Crippen LogP contribution in [-0.2, 0) is 19.3 Å². The van der Waals surface area contributed by atoms with E-state index < -0.39 is 16.3 Å². The summed E-state index contributed by atoms with van der Waals surface area (Å²) in [4.78, 5) is 11.5. The summed E-state index contributed by atoms with van der Waals surface area (Å²) < 4.78 is 24.2. The van der Waals surface area contributed by atoms with Gasteiger partial charge in [-0.3, -0.25) is 5.84 Å². The van der Waals surface area contributed by atoms with Gasteiger partial charge in [-0.25, -0.2) is 4.79 Å². The summed E-state index contributed by atoms with van der Waals surface area (Å²) in [6, 6.07) is 0. The highest BCUT2D eigenvalue weighted by Gasteiger charge is 2.10. The second kappa shape index (κ2) is 3.30. The van der Waals surface area contributed by atoms with Gasteiger partial charge in [0.2, 0.25) is 0 Å². The van der Waals surface area contributed by atoms with Crippen LogP contribution in [0.15, 0.2) is 12.7 Å². The minimum Gasteiger partial charge on any atom is -0.329 e. The molecule has 58 valence electrons. The molecule has 0 saturated carbocycles. The molecule has 6 nitrogen and oxygen atoms in total. The summed E-state index contributed by atoms with van der Waals surface area (Å²) in [6.45, 7) is 2.97. The van der Waals surface area contributed by atoms with Crippen LogP contribution in [0.4, 0.5) is 0 Å². The second-order valence-electron chi connectivity index (χ2n) is 1.18. The fourth-order valence-corrected chi connectivity index (χ4v) is 0.499. The zero-order chi connectivity index (χ0) is 8.20. The lowest BCUT2D eigenvalue weighted by molar-refractivity contribution is -0.128. The van der Waals surface area contributed by atoms with Gasteiger partial charge in [-0.05, 0) is 0 Å². The molecule has 0 aromatic rings. The summed E-state index contributed by atoms with van der Waals surface area (Å²) in [7, 11) is -4.12. The lowest BCUT2D eigenvalue weighted by Crippen LogP contribution is -2.33. The Labute approximate surface area is 57.9 Å². The van der Waals surface area contributed by atoms with Gasteiger partial charge < -0.3 is 4.18 Å². The van der Waals surface area contributed by atoms with Gasteiger partial charge in [0.25, 0.3) is 0 Å². The third-order valence-electron chi connectivity index (χ3n) is 0.503. The fourth-order valence-electron chi connectivity index (χ4n) is 0.166. The van der Waals surface area contributed by atoms with Crippen LogP contribution in [0.25, 0.3) is 0 Å². The summed E-state index contributed by atoms with van der Waals surface area (Å²) in [5.74, 6) is 3.37. The Bertz CT molecular complexity index is 231. The molecule has 0 aliphatic rings. The molecule has 0 aliphatic carbocycles. The maximum absolute atomic E-state index is 10.2. The zero-order valence-electron chi connectivity index (χ0n) is 4.90. The van der Waals surface area contributed by atoms with Crippen molar-refractivity contribution in [3.05, 3.63) is 12.7 Å². The van der Waals surface area contributed by atoms with E-state index in [4.69, 9.17) is 0 Å². The van der Waals surface area contributed by atoms with Gasteiger partial charge in [-0.2, -0.15) is 8.42 Å². The number of hydrazine groups is 1. The number of hydrogen-bond donors (Lipinski definition) is 2. The maximum Gasteiger partial charge on any atom is 0.398 e. The molecule has 10 heavy (non-hydrogen) atoms. The minimum atomic E-state index is -4.12. The Kier molecular flexibility index (Phi) is 3.00. The molecule has 0 fully saturated rings. The Morgan fingerprint density at radius 3 is 2.50 bits per heavy atom. The van der Waals surface area contributed by atoms with Gasteiger partial charge in [-0.1, -0.05) is 6.58 Å². The van der Waals surface area contributed by atoms with Gasteiger partial charge in [0.05, 0.1) is 0 Å². The smallest absolute Gasteiger partial charge is 0.329 e. The minimum absolute atomic E-state index is 0.703. The molecule has 0 amide bonds. The van der Waals surface area contributed by atoms with Crippen molar-refractivity contribution < 1.29 is 17.4 Å². The van der Waals surface area contributed by atoms with E-state index in [1.54, 1.807) is 0 Å². The van der Waals surface area contributed by atoms with Gasteiger partial charge in [-0.15, -0.1) is 4.83 Å². The van der Waals surface area contributed by atoms with E-state index in [1.807, 2.05) is 0 Å². The van der Waals surface area contributed by atoms with E-state index in [9.17, 15) is 13.2 Å². The number of rotatable bonds is 3. The highest BCUT2D eigenvalue weighted by Crippen LogP contribution is 1.85. The molecule has 0 spiro atoms. The van der Waals surface area contributed by atoms with E-state index in [2.05, 4.69) is 16.6 Å². The monoisotopic (exact) mass is 166 g/mol. The standard InChI is InChI=1S/C3H6N2O4S/c1-2-3(6)9-10(7,8)5-4/h2,5H,1,4H2. The van der Waals surface area contributed by atoms with Crippen molar-refractivity contribution >= 4 is 16.3 Å². The topological polar surface area (TPSA) is 98.5 Å². The molecule has 0 rings (SSSR count). The van der Waals surface area contributed by atoms with Crippen molar-refractivity contribution in [2.45, 2.75) is 0 Å². The lowest BCUT2D eigenvalue weighted by atomic mass is 10.7. The largest absolute Gasteiger partial charge is 0.398 e. The molecule has 0 bridgehead atoms. The quantitative estimate of drug-likeness (QED) is 0.299. The first-order valence-corrected chi connectivity index (χ1v) is 3.51. The van der Waals surface area contributed by atoms with Crippen LogP contribution in [-0.4, -0.2) is 14.4 Å². The van der Waals surface area contributed by atoms with Gasteiger partial charge in [0, 0.05) is 6.08 Å². The Morgan fingerprint density at radius 2 is 2.20 bits per heavy atom. The number of nitrogens with one attached hydrogen (secondary N) is 1. The second-order valence-corrected chi connectivity index (χ2v) is 2.49. The van der Waals surface area contributed by atoms with Crippen molar-refractivity contribution in [2.75, 3.05) is 0 Å². The molecule has 0 atom stereocenters. The molecule has 0 aromatic heterocycles. The maximum atomic E-state index is 10.2. The van der Waals surface area contributed by atoms with Crippen molar-refractivity contribution in [3.8, 4) is 0 Å². The van der Waals surface area contributed by atoms with Gasteiger partial charge >= 0.3 is 16.3 Å². The summed E-state index contributed by atoms with van der Waals surface area (Å²) in [5.41, 5.74) is 0. The number of carbonyl (C=O) groups excluding carboxylic acids is 1. The lowest BCUT2D eigenvalue weighted by Gasteiger charge is -1.98. The average Bonchev–Trinajstić information content (AvgIpc) is 1.87. The predicted molar refractivity (Wildman–Crippen MR) is 32.5 cm³/mol. The Morgan fingerprint density at radius 1 is 1.70 bits per heavy atom. The first kappa shape index (κ1) is 9.08. The SMILES string of the molecule is C=CC(=O)OS(=O)(=O)NN. The zero-order valence-corrected chi connectivity index (χ0v) is 5.72. The molecule has 3 N–H and O–H groups in total. The molecule has 0 unspecified atom stereocenters. The molecular formula is C3H6N2O4S. The third-order valence-corrected chi connectivity index (χ3v) is 1.18. The van der Waals surface area contributed by atoms with E-state index >= 15 is 0 Å². The van der Waals surface area contributed by atoms with Crippen LogP contribution < -0.4 is 10.7 Å². The van der Waals surface area contributed by atoms with Crippen LogP contribution >= 0.6 is 0 Å². The number of hydrogen-bond acceptors (Lipinski definition) is 5. The highest BCUT2D eigenvalue weighted by molar-refractivity contribution is 7.85. The molecule has 0 aliphatic heterocycles. The van der Waals surface area contributed by atoms with Crippen LogP contribution in [0.3, 0.4) is 0 Å². The molecule has 0 aromatic carbocycles. The van der Waals surface area contributed by atoms with Gasteiger partial charge in [0.1, 0.15) is 0 Å². The van der Waals surface area contributed by atoms with E-state index in [0.717, 1.165) is 0 Å². The molecular weight excluding hydrogens is 160 g/mol. The predicted octanol–water partition coefficient (Wildman–Crippen LogP) is -1.58. The van der Waals surface area contributed by atoms with Crippen LogP contribution in [0.2, 0.25) is 0 Å². The van der Waals surface area contributed by atoms with Crippen molar-refractivity contribution in [1.82, 2.24) is 4.83 Å². The number of nitrogens with two attached hydrogens (primary N) is 1. The van der Waals surface area contributed by atoms with E-state index in [0.29, 0.717) is 6.08 Å². The first-order chi connectivity index (χ1) is 4.52. The summed E-state index contributed by atoms with van der Waals surface area (Å²) in [6.07, 6.45) is 0.703. The highest BCUT2D eigenvalue weighted by atomic mass is 32.2. The van der Waals surface area contributed by atoms with Crippen molar-refractivity contribution in [3.63, 3.8) is 0 Å². The van der Waals surface area contributed by atoms with Crippen molar-refractivity contribution in [2.24, 2.45) is 5.84 Å². The van der Waals surface area contributed by atoms with E-state index in [1.165, 1.54) is 4.83 Å². The first-order valence-electron chi connectivity index (χ1n) is 2.10. The van der Waals surface area contributed by atoms with Crippen LogP contribution in [0.5, 0.6) is 0 Å². The van der Waals surface area contributed by atoms with Crippen LogP contribution in [0, 0.1) is 0 Å².